The fourth-order valence-electron chi connectivity index (χ4n) is 8.24. The standard InChI is InChI=1S/C25H39NO3Si/c1-22-12-13-25(27-14-15-28-25)16-18(22)6-7-19-20(22)8-10-23(2)21(19)9-11-24(23,17-26)29-30(3,4)5/h6,19-21H,7-16H2,1-5H3/t19-,20+,21-,22+,23+,24+/m1/s1. The predicted octanol–water partition coefficient (Wildman–Crippen LogP) is 5.81. The normalized spacial score (nSPS) is 47.2. The summed E-state index contributed by atoms with van der Waals surface area (Å²) in [5.41, 5.74) is 1.25. The van der Waals surface area contributed by atoms with Gasteiger partial charge in [0.05, 0.1) is 19.3 Å². The maximum Gasteiger partial charge on any atom is 0.185 e. The van der Waals surface area contributed by atoms with E-state index in [1.54, 1.807) is 5.57 Å². The van der Waals surface area contributed by atoms with E-state index >= 15 is 0 Å². The van der Waals surface area contributed by atoms with Gasteiger partial charge in [-0.05, 0) is 81.3 Å². The molecule has 5 heteroatoms. The molecule has 0 radical (unpaired) electrons. The molecule has 0 unspecified atom stereocenters. The van der Waals surface area contributed by atoms with E-state index in [2.05, 4.69) is 45.6 Å². The van der Waals surface area contributed by atoms with Crippen LogP contribution in [0.15, 0.2) is 11.6 Å². The fraction of sp³-hybridized carbons (Fsp3) is 0.880. The lowest BCUT2D eigenvalue weighted by molar-refractivity contribution is -0.186. The molecule has 3 saturated carbocycles. The molecule has 1 aliphatic heterocycles. The van der Waals surface area contributed by atoms with Crippen molar-refractivity contribution in [1.29, 1.82) is 5.26 Å². The van der Waals surface area contributed by atoms with Crippen LogP contribution in [0.1, 0.15) is 65.2 Å². The van der Waals surface area contributed by atoms with Crippen LogP contribution in [0, 0.1) is 39.9 Å². The molecule has 30 heavy (non-hydrogen) atoms. The molecule has 1 saturated heterocycles. The molecule has 0 bridgehead atoms. The highest BCUT2D eigenvalue weighted by Crippen LogP contribution is 2.68. The molecule has 4 nitrogen and oxygen atoms in total. The van der Waals surface area contributed by atoms with Gasteiger partial charge in [0.15, 0.2) is 14.1 Å². The van der Waals surface area contributed by atoms with Gasteiger partial charge in [-0.1, -0.05) is 25.5 Å². The minimum atomic E-state index is -1.81. The summed E-state index contributed by atoms with van der Waals surface area (Å²) in [5, 5.41) is 10.3. The van der Waals surface area contributed by atoms with Gasteiger partial charge in [-0.15, -0.1) is 0 Å². The predicted molar refractivity (Wildman–Crippen MR) is 119 cm³/mol. The minimum absolute atomic E-state index is 0.0154. The number of nitriles is 1. The van der Waals surface area contributed by atoms with Crippen LogP contribution in [-0.4, -0.2) is 32.9 Å². The van der Waals surface area contributed by atoms with Gasteiger partial charge in [0.1, 0.15) is 5.60 Å². The molecule has 4 fully saturated rings. The number of hydrogen-bond donors (Lipinski definition) is 0. The van der Waals surface area contributed by atoms with Crippen molar-refractivity contribution in [3.05, 3.63) is 11.6 Å². The number of ether oxygens (including phenoxy) is 2. The van der Waals surface area contributed by atoms with Gasteiger partial charge in [0.2, 0.25) is 0 Å². The number of rotatable bonds is 2. The van der Waals surface area contributed by atoms with E-state index in [0.717, 1.165) is 64.1 Å². The molecule has 1 spiro atoms. The Morgan fingerprint density at radius 2 is 1.73 bits per heavy atom. The van der Waals surface area contributed by atoms with E-state index in [1.165, 1.54) is 6.42 Å². The van der Waals surface area contributed by atoms with E-state index < -0.39 is 13.9 Å². The van der Waals surface area contributed by atoms with Crippen molar-refractivity contribution in [3.63, 3.8) is 0 Å². The number of hydrogen-bond acceptors (Lipinski definition) is 4. The largest absolute Gasteiger partial charge is 0.399 e. The van der Waals surface area contributed by atoms with E-state index in [0.29, 0.717) is 11.8 Å². The monoisotopic (exact) mass is 429 g/mol. The topological polar surface area (TPSA) is 51.5 Å². The molecule has 0 aromatic rings. The average Bonchev–Trinajstić information content (AvgIpc) is 3.24. The van der Waals surface area contributed by atoms with Crippen LogP contribution < -0.4 is 0 Å². The van der Waals surface area contributed by atoms with Gasteiger partial charge in [-0.25, -0.2) is 0 Å². The highest BCUT2D eigenvalue weighted by atomic mass is 28.4. The number of fused-ring (bicyclic) bond motifs is 5. The van der Waals surface area contributed by atoms with Gasteiger partial charge in [-0.2, -0.15) is 5.26 Å². The zero-order chi connectivity index (χ0) is 21.4. The zero-order valence-corrected chi connectivity index (χ0v) is 20.6. The summed E-state index contributed by atoms with van der Waals surface area (Å²) < 4.78 is 18.9. The van der Waals surface area contributed by atoms with Crippen molar-refractivity contribution in [2.75, 3.05) is 13.2 Å². The van der Waals surface area contributed by atoms with Crippen molar-refractivity contribution in [2.24, 2.45) is 28.6 Å². The molecular weight excluding hydrogens is 390 g/mol. The lowest BCUT2D eigenvalue weighted by Gasteiger charge is -2.59. The summed E-state index contributed by atoms with van der Waals surface area (Å²) in [7, 11) is -1.81. The van der Waals surface area contributed by atoms with Gasteiger partial charge < -0.3 is 13.9 Å². The highest BCUT2D eigenvalue weighted by molar-refractivity contribution is 6.69. The fourth-order valence-corrected chi connectivity index (χ4v) is 9.67. The Hall–Kier alpha value is -0.673. The van der Waals surface area contributed by atoms with Crippen molar-refractivity contribution >= 4 is 8.32 Å². The second kappa shape index (κ2) is 6.67. The van der Waals surface area contributed by atoms with E-state index in [1.807, 2.05) is 0 Å². The lowest BCUT2D eigenvalue weighted by atomic mass is 9.47. The number of nitrogens with zero attached hydrogens (tertiary/aromatic N) is 1. The maximum absolute atomic E-state index is 10.3. The summed E-state index contributed by atoms with van der Waals surface area (Å²) in [4.78, 5) is 0. The molecule has 6 atom stereocenters. The molecule has 5 aliphatic rings. The van der Waals surface area contributed by atoms with Gasteiger partial charge in [-0.3, -0.25) is 0 Å². The molecular formula is C25H39NO3Si. The first-order valence-corrected chi connectivity index (χ1v) is 15.6. The first-order chi connectivity index (χ1) is 14.1. The van der Waals surface area contributed by atoms with Crippen molar-refractivity contribution < 1.29 is 13.9 Å². The quantitative estimate of drug-likeness (QED) is 0.411. The van der Waals surface area contributed by atoms with E-state index in [9.17, 15) is 5.26 Å². The third-order valence-corrected chi connectivity index (χ3v) is 10.7. The molecule has 0 N–H and O–H groups in total. The minimum Gasteiger partial charge on any atom is -0.399 e. The molecule has 0 amide bonds. The van der Waals surface area contributed by atoms with Crippen molar-refractivity contribution in [2.45, 2.75) is 96.2 Å². The Morgan fingerprint density at radius 1 is 1.03 bits per heavy atom. The second-order valence-electron chi connectivity index (χ2n) is 12.2. The Kier molecular flexibility index (Phi) is 4.71. The summed E-state index contributed by atoms with van der Waals surface area (Å²) in [6.45, 7) is 13.1. The summed E-state index contributed by atoms with van der Waals surface area (Å²) in [6, 6.07) is 2.73. The smallest absolute Gasteiger partial charge is 0.185 e. The van der Waals surface area contributed by atoms with Crippen LogP contribution in [-0.2, 0) is 13.9 Å². The first-order valence-electron chi connectivity index (χ1n) is 12.2. The summed E-state index contributed by atoms with van der Waals surface area (Å²) >= 11 is 0. The van der Waals surface area contributed by atoms with Crippen LogP contribution in [0.5, 0.6) is 0 Å². The van der Waals surface area contributed by atoms with Crippen molar-refractivity contribution in [1.82, 2.24) is 0 Å². The molecule has 5 rings (SSSR count). The third-order valence-electron chi connectivity index (χ3n) is 9.70. The first kappa shape index (κ1) is 21.2. The second-order valence-corrected chi connectivity index (χ2v) is 16.6. The Bertz CT molecular complexity index is 791. The Morgan fingerprint density at radius 3 is 2.40 bits per heavy atom. The van der Waals surface area contributed by atoms with Crippen LogP contribution in [0.25, 0.3) is 0 Å². The van der Waals surface area contributed by atoms with Crippen LogP contribution in [0.4, 0.5) is 0 Å². The van der Waals surface area contributed by atoms with Crippen LogP contribution in [0.2, 0.25) is 19.6 Å². The Balaban J connectivity index is 1.45. The van der Waals surface area contributed by atoms with Crippen LogP contribution >= 0.6 is 0 Å². The van der Waals surface area contributed by atoms with Crippen LogP contribution in [0.3, 0.4) is 0 Å². The molecule has 0 aromatic heterocycles. The third kappa shape index (κ3) is 2.86. The van der Waals surface area contributed by atoms with E-state index in [4.69, 9.17) is 13.9 Å². The summed E-state index contributed by atoms with van der Waals surface area (Å²) in [6.07, 6.45) is 11.2. The van der Waals surface area contributed by atoms with Crippen molar-refractivity contribution in [3.8, 4) is 6.07 Å². The molecule has 166 valence electrons. The van der Waals surface area contributed by atoms with Gasteiger partial charge in [0, 0.05) is 18.3 Å². The molecule has 1 heterocycles. The average molecular weight is 430 g/mol. The maximum atomic E-state index is 10.3. The molecule has 0 aromatic carbocycles. The van der Waals surface area contributed by atoms with E-state index in [-0.39, 0.29) is 16.6 Å². The number of allylic oxidation sites excluding steroid dienone is 1. The van der Waals surface area contributed by atoms with Gasteiger partial charge in [0.25, 0.3) is 0 Å². The SMILES string of the molecule is C[C@]12CCC3(CC1=CC[C@H]1[C@H]4CC[C@@](C#N)(O[Si](C)(C)C)[C@@]4(C)CC[C@@H]12)OCCO3. The molecule has 4 aliphatic carbocycles. The zero-order valence-electron chi connectivity index (χ0n) is 19.6. The van der Waals surface area contributed by atoms with Gasteiger partial charge >= 0.3 is 0 Å². The lowest BCUT2D eigenvalue weighted by Crippen LogP contribution is -2.57. The highest BCUT2D eigenvalue weighted by Gasteiger charge is 2.66. The summed E-state index contributed by atoms with van der Waals surface area (Å²) in [5.74, 6) is 1.65. The Labute approximate surface area is 183 Å².